The van der Waals surface area contributed by atoms with Gasteiger partial charge >= 0.3 is 0 Å². The van der Waals surface area contributed by atoms with Crippen molar-refractivity contribution in [2.45, 2.75) is 39.0 Å². The molecule has 0 saturated carbocycles. The van der Waals surface area contributed by atoms with Gasteiger partial charge in [-0.05, 0) is 38.5 Å². The first-order chi connectivity index (χ1) is 13.6. The molecule has 0 spiro atoms. The third-order valence-electron chi connectivity index (χ3n) is 5.84. The SMILES string of the molecule is Cc1nc(-c2ccccc2)sc1C(=O)N1CCC(CC(=O)N2CCCC2)CC1. The van der Waals surface area contributed by atoms with E-state index in [2.05, 4.69) is 4.98 Å². The van der Waals surface area contributed by atoms with Crippen LogP contribution in [-0.2, 0) is 4.79 Å². The van der Waals surface area contributed by atoms with Crippen LogP contribution in [0.5, 0.6) is 0 Å². The van der Waals surface area contributed by atoms with Gasteiger partial charge in [0.15, 0.2) is 0 Å². The highest BCUT2D eigenvalue weighted by atomic mass is 32.1. The van der Waals surface area contributed by atoms with Crippen molar-refractivity contribution in [2.24, 2.45) is 5.92 Å². The van der Waals surface area contributed by atoms with E-state index in [4.69, 9.17) is 0 Å². The van der Waals surface area contributed by atoms with Crippen LogP contribution in [0.1, 0.15) is 47.5 Å². The second kappa shape index (κ2) is 8.43. The van der Waals surface area contributed by atoms with Gasteiger partial charge in [0, 0.05) is 38.2 Å². The Bertz CT molecular complexity index is 835. The van der Waals surface area contributed by atoms with Crippen molar-refractivity contribution in [2.75, 3.05) is 26.2 Å². The average molecular weight is 398 g/mol. The fraction of sp³-hybridized carbons (Fsp3) is 0.500. The Morgan fingerprint density at radius 3 is 2.39 bits per heavy atom. The Morgan fingerprint density at radius 1 is 1.04 bits per heavy atom. The van der Waals surface area contributed by atoms with E-state index in [1.54, 1.807) is 0 Å². The van der Waals surface area contributed by atoms with Gasteiger partial charge in [-0.2, -0.15) is 0 Å². The molecule has 2 amide bonds. The second-order valence-corrected chi connectivity index (χ2v) is 8.83. The van der Waals surface area contributed by atoms with Gasteiger partial charge in [-0.15, -0.1) is 11.3 Å². The van der Waals surface area contributed by atoms with Crippen LogP contribution in [0, 0.1) is 12.8 Å². The molecular formula is C22H27N3O2S. The number of amides is 2. The lowest BCUT2D eigenvalue weighted by atomic mass is 9.93. The maximum Gasteiger partial charge on any atom is 0.265 e. The number of aromatic nitrogens is 1. The lowest BCUT2D eigenvalue weighted by Crippen LogP contribution is -2.40. The highest BCUT2D eigenvalue weighted by molar-refractivity contribution is 7.17. The highest BCUT2D eigenvalue weighted by Crippen LogP contribution is 2.30. The molecule has 2 fully saturated rings. The number of piperidine rings is 1. The van der Waals surface area contributed by atoms with Crippen LogP contribution in [-0.4, -0.2) is 52.8 Å². The Balaban J connectivity index is 1.35. The summed E-state index contributed by atoms with van der Waals surface area (Å²) in [5.41, 5.74) is 1.86. The molecule has 0 radical (unpaired) electrons. The van der Waals surface area contributed by atoms with Gasteiger partial charge in [-0.1, -0.05) is 30.3 Å². The molecule has 6 heteroatoms. The van der Waals surface area contributed by atoms with E-state index < -0.39 is 0 Å². The predicted molar refractivity (Wildman–Crippen MR) is 111 cm³/mol. The number of likely N-dealkylation sites (tertiary alicyclic amines) is 2. The molecule has 28 heavy (non-hydrogen) atoms. The Kier molecular flexibility index (Phi) is 5.76. The van der Waals surface area contributed by atoms with E-state index in [-0.39, 0.29) is 5.91 Å². The Labute approximate surface area is 170 Å². The number of rotatable bonds is 4. The lowest BCUT2D eigenvalue weighted by Gasteiger charge is -2.32. The lowest BCUT2D eigenvalue weighted by molar-refractivity contribution is -0.131. The van der Waals surface area contributed by atoms with E-state index in [1.165, 1.54) is 11.3 Å². The highest BCUT2D eigenvalue weighted by Gasteiger charge is 2.29. The summed E-state index contributed by atoms with van der Waals surface area (Å²) < 4.78 is 0. The number of hydrogen-bond acceptors (Lipinski definition) is 4. The zero-order valence-corrected chi connectivity index (χ0v) is 17.2. The first kappa shape index (κ1) is 19.1. The van der Waals surface area contributed by atoms with Crippen LogP contribution in [0.15, 0.2) is 30.3 Å². The summed E-state index contributed by atoms with van der Waals surface area (Å²) in [6.07, 6.45) is 4.74. The van der Waals surface area contributed by atoms with E-state index in [0.717, 1.165) is 73.0 Å². The molecule has 0 N–H and O–H groups in total. The van der Waals surface area contributed by atoms with Gasteiger partial charge in [0.25, 0.3) is 5.91 Å². The zero-order chi connectivity index (χ0) is 19.5. The van der Waals surface area contributed by atoms with E-state index in [9.17, 15) is 9.59 Å². The molecule has 0 unspecified atom stereocenters. The minimum absolute atomic E-state index is 0.0847. The molecule has 2 aromatic rings. The van der Waals surface area contributed by atoms with Crippen LogP contribution in [0.2, 0.25) is 0 Å². The number of hydrogen-bond donors (Lipinski definition) is 0. The van der Waals surface area contributed by atoms with Crippen molar-refractivity contribution in [3.8, 4) is 10.6 Å². The van der Waals surface area contributed by atoms with Gasteiger partial charge < -0.3 is 9.80 Å². The molecular weight excluding hydrogens is 370 g/mol. The smallest absolute Gasteiger partial charge is 0.265 e. The second-order valence-electron chi connectivity index (χ2n) is 7.83. The summed E-state index contributed by atoms with van der Waals surface area (Å²) in [7, 11) is 0. The summed E-state index contributed by atoms with van der Waals surface area (Å²) >= 11 is 1.48. The number of nitrogens with zero attached hydrogens (tertiary/aromatic N) is 3. The molecule has 5 nitrogen and oxygen atoms in total. The summed E-state index contributed by atoms with van der Waals surface area (Å²) in [4.78, 5) is 34.7. The van der Waals surface area contributed by atoms with Gasteiger partial charge in [-0.25, -0.2) is 4.98 Å². The molecule has 148 valence electrons. The fourth-order valence-electron chi connectivity index (χ4n) is 4.13. The van der Waals surface area contributed by atoms with E-state index >= 15 is 0 Å². The number of thiazole rings is 1. The van der Waals surface area contributed by atoms with Crippen LogP contribution in [0.4, 0.5) is 0 Å². The maximum atomic E-state index is 13.0. The third kappa shape index (κ3) is 4.12. The van der Waals surface area contributed by atoms with Gasteiger partial charge in [0.1, 0.15) is 9.88 Å². The first-order valence-electron chi connectivity index (χ1n) is 10.2. The molecule has 0 atom stereocenters. The number of carbonyl (C=O) groups is 2. The standard InChI is InChI=1S/C22H27N3O2S/c1-16-20(28-21(23-16)18-7-3-2-4-8-18)22(27)25-13-9-17(10-14-25)15-19(26)24-11-5-6-12-24/h2-4,7-8,17H,5-6,9-15H2,1H3. The van der Waals surface area contributed by atoms with Crippen LogP contribution >= 0.6 is 11.3 Å². The largest absolute Gasteiger partial charge is 0.343 e. The normalized spacial score (nSPS) is 17.9. The third-order valence-corrected chi connectivity index (χ3v) is 7.03. The maximum absolute atomic E-state index is 13.0. The molecule has 4 rings (SSSR count). The van der Waals surface area contributed by atoms with Crippen molar-refractivity contribution < 1.29 is 9.59 Å². The minimum Gasteiger partial charge on any atom is -0.343 e. The average Bonchev–Trinajstić information content (AvgIpc) is 3.39. The van der Waals surface area contributed by atoms with Crippen LogP contribution in [0.3, 0.4) is 0 Å². The van der Waals surface area contributed by atoms with Crippen molar-refractivity contribution in [1.82, 2.24) is 14.8 Å². The first-order valence-corrected chi connectivity index (χ1v) is 11.0. The molecule has 3 heterocycles. The van der Waals surface area contributed by atoms with Gasteiger partial charge in [0.2, 0.25) is 5.91 Å². The molecule has 2 aliphatic rings. The predicted octanol–water partition coefficient (Wildman–Crippen LogP) is 3.98. The van der Waals surface area contributed by atoms with Crippen molar-refractivity contribution >= 4 is 23.2 Å². The molecule has 2 saturated heterocycles. The number of benzene rings is 1. The molecule has 1 aromatic heterocycles. The zero-order valence-electron chi connectivity index (χ0n) is 16.4. The van der Waals surface area contributed by atoms with Crippen LogP contribution < -0.4 is 0 Å². The van der Waals surface area contributed by atoms with Crippen molar-refractivity contribution in [3.05, 3.63) is 40.9 Å². The molecule has 0 bridgehead atoms. The summed E-state index contributed by atoms with van der Waals surface area (Å²) in [5, 5.41) is 0.896. The van der Waals surface area contributed by atoms with E-state index in [1.807, 2.05) is 47.1 Å². The summed E-state index contributed by atoms with van der Waals surface area (Å²) in [6, 6.07) is 10.0. The van der Waals surface area contributed by atoms with Crippen molar-refractivity contribution in [1.29, 1.82) is 0 Å². The quantitative estimate of drug-likeness (QED) is 0.784. The monoisotopic (exact) mass is 397 g/mol. The number of aryl methyl sites for hydroxylation is 1. The summed E-state index contributed by atoms with van der Waals surface area (Å²) in [5.74, 6) is 0.786. The van der Waals surface area contributed by atoms with Gasteiger partial charge in [0.05, 0.1) is 5.69 Å². The molecule has 2 aliphatic heterocycles. The topological polar surface area (TPSA) is 53.5 Å². The Hall–Kier alpha value is -2.21. The molecule has 0 aliphatic carbocycles. The van der Waals surface area contributed by atoms with E-state index in [0.29, 0.717) is 18.2 Å². The van der Waals surface area contributed by atoms with Crippen molar-refractivity contribution in [3.63, 3.8) is 0 Å². The number of carbonyl (C=O) groups excluding carboxylic acids is 2. The van der Waals surface area contributed by atoms with Gasteiger partial charge in [-0.3, -0.25) is 9.59 Å². The van der Waals surface area contributed by atoms with Crippen LogP contribution in [0.25, 0.3) is 10.6 Å². The minimum atomic E-state index is 0.0847. The Morgan fingerprint density at radius 2 is 1.71 bits per heavy atom. The fourth-order valence-corrected chi connectivity index (χ4v) is 5.17. The molecule has 1 aromatic carbocycles. The summed E-state index contributed by atoms with van der Waals surface area (Å²) in [6.45, 7) is 5.22.